The largest absolute Gasteiger partial charge is 0.491 e. The van der Waals surface area contributed by atoms with E-state index in [1.807, 2.05) is 24.3 Å². The van der Waals surface area contributed by atoms with Gasteiger partial charge in [0, 0.05) is 43.0 Å². The molecule has 3 rings (SSSR count). The fraction of sp³-hybridized carbons (Fsp3) is 0.500. The lowest BCUT2D eigenvalue weighted by atomic mass is 10.2. The molecule has 1 saturated heterocycles. The maximum Gasteiger partial charge on any atom is 0.191 e. The smallest absolute Gasteiger partial charge is 0.191 e. The predicted octanol–water partition coefficient (Wildman–Crippen LogP) is 3.95. The molecule has 0 amide bonds. The van der Waals surface area contributed by atoms with Gasteiger partial charge in [0.1, 0.15) is 0 Å². The van der Waals surface area contributed by atoms with Crippen LogP contribution in [0.2, 0.25) is 0 Å². The zero-order chi connectivity index (χ0) is 21.3. The summed E-state index contributed by atoms with van der Waals surface area (Å²) in [4.78, 5) is 9.43. The van der Waals surface area contributed by atoms with E-state index in [1.165, 1.54) is 15.8 Å². The minimum Gasteiger partial charge on any atom is -0.491 e. The SMILES string of the molecule is CCOc1ccc(CNC(=NC)NCC(c2ccc(C)s2)N2CCOCC2)cc1F.I. The molecule has 2 aromatic rings. The molecular formula is C22H32FIN4O2S. The van der Waals surface area contributed by atoms with Crippen molar-refractivity contribution >= 4 is 41.3 Å². The van der Waals surface area contributed by atoms with Gasteiger partial charge in [-0.1, -0.05) is 6.07 Å². The van der Waals surface area contributed by atoms with E-state index < -0.39 is 0 Å². The third-order valence-electron chi connectivity index (χ3n) is 5.02. The Labute approximate surface area is 205 Å². The van der Waals surface area contributed by atoms with E-state index in [9.17, 15) is 4.39 Å². The van der Waals surface area contributed by atoms with Gasteiger partial charge in [0.2, 0.25) is 0 Å². The molecule has 1 unspecified atom stereocenters. The van der Waals surface area contributed by atoms with Crippen LogP contribution in [0.5, 0.6) is 5.75 Å². The minimum absolute atomic E-state index is 0. The van der Waals surface area contributed by atoms with Crippen molar-refractivity contribution in [2.24, 2.45) is 4.99 Å². The first-order chi connectivity index (χ1) is 14.6. The molecule has 1 fully saturated rings. The Bertz CT molecular complexity index is 843. The molecule has 2 heterocycles. The third-order valence-corrected chi connectivity index (χ3v) is 6.12. The predicted molar refractivity (Wildman–Crippen MR) is 135 cm³/mol. The van der Waals surface area contributed by atoms with E-state index in [0.29, 0.717) is 19.1 Å². The van der Waals surface area contributed by atoms with Crippen molar-refractivity contribution in [3.05, 3.63) is 51.5 Å². The van der Waals surface area contributed by atoms with Gasteiger partial charge in [-0.3, -0.25) is 9.89 Å². The maximum absolute atomic E-state index is 14.1. The summed E-state index contributed by atoms with van der Waals surface area (Å²) < 4.78 is 24.9. The highest BCUT2D eigenvalue weighted by Crippen LogP contribution is 2.28. The van der Waals surface area contributed by atoms with Crippen LogP contribution < -0.4 is 15.4 Å². The molecule has 0 spiro atoms. The summed E-state index contributed by atoms with van der Waals surface area (Å²) in [7, 11) is 1.74. The van der Waals surface area contributed by atoms with Gasteiger partial charge in [0.05, 0.1) is 25.9 Å². The molecule has 0 aliphatic carbocycles. The molecule has 1 aromatic heterocycles. The number of hydrogen-bond donors (Lipinski definition) is 2. The zero-order valence-electron chi connectivity index (χ0n) is 18.3. The summed E-state index contributed by atoms with van der Waals surface area (Å²) in [5, 5.41) is 6.71. The summed E-state index contributed by atoms with van der Waals surface area (Å²) in [6.07, 6.45) is 0. The van der Waals surface area contributed by atoms with Crippen LogP contribution in [0.1, 0.15) is 28.3 Å². The number of rotatable bonds is 8. The lowest BCUT2D eigenvalue weighted by Crippen LogP contribution is -2.46. The van der Waals surface area contributed by atoms with Crippen molar-refractivity contribution in [2.45, 2.75) is 26.4 Å². The first-order valence-electron chi connectivity index (χ1n) is 10.3. The van der Waals surface area contributed by atoms with Gasteiger partial charge in [-0.05, 0) is 43.7 Å². The highest BCUT2D eigenvalue weighted by Gasteiger charge is 2.24. The summed E-state index contributed by atoms with van der Waals surface area (Å²) in [6, 6.07) is 9.66. The van der Waals surface area contributed by atoms with Crippen LogP contribution in [0.3, 0.4) is 0 Å². The molecule has 9 heteroatoms. The van der Waals surface area contributed by atoms with Crippen LogP contribution in [-0.2, 0) is 11.3 Å². The Morgan fingerprint density at radius 1 is 1.26 bits per heavy atom. The normalized spacial score (nSPS) is 15.8. The van der Waals surface area contributed by atoms with Crippen LogP contribution in [-0.4, -0.2) is 57.4 Å². The van der Waals surface area contributed by atoms with Gasteiger partial charge in [0.15, 0.2) is 17.5 Å². The second-order valence-corrected chi connectivity index (χ2v) is 8.44. The standard InChI is InChI=1S/C22H31FN4O2S.HI/c1-4-29-20-7-6-17(13-18(20)23)14-25-22(24-3)26-15-19(21-8-5-16(2)30-21)27-9-11-28-12-10-27;/h5-8,13,19H,4,9-12,14-15H2,1-3H3,(H2,24,25,26);1H. The topological polar surface area (TPSA) is 58.1 Å². The number of benzene rings is 1. The van der Waals surface area contributed by atoms with E-state index in [1.54, 1.807) is 13.1 Å². The van der Waals surface area contributed by atoms with Gasteiger partial charge in [-0.25, -0.2) is 4.39 Å². The minimum atomic E-state index is -0.348. The quantitative estimate of drug-likeness (QED) is 0.290. The molecule has 0 saturated carbocycles. The number of guanidine groups is 1. The molecule has 1 atom stereocenters. The van der Waals surface area contributed by atoms with Gasteiger partial charge >= 0.3 is 0 Å². The summed E-state index contributed by atoms with van der Waals surface area (Å²) >= 11 is 1.83. The van der Waals surface area contributed by atoms with E-state index in [4.69, 9.17) is 9.47 Å². The monoisotopic (exact) mass is 562 g/mol. The first-order valence-corrected chi connectivity index (χ1v) is 11.2. The van der Waals surface area contributed by atoms with Crippen molar-refractivity contribution in [3.63, 3.8) is 0 Å². The van der Waals surface area contributed by atoms with Crippen LogP contribution in [0.15, 0.2) is 35.3 Å². The molecular weight excluding hydrogens is 530 g/mol. The lowest BCUT2D eigenvalue weighted by molar-refractivity contribution is 0.0177. The molecule has 1 aliphatic heterocycles. The van der Waals surface area contributed by atoms with Crippen LogP contribution in [0.25, 0.3) is 0 Å². The van der Waals surface area contributed by atoms with Crippen molar-refractivity contribution in [2.75, 3.05) is 46.5 Å². The van der Waals surface area contributed by atoms with Crippen molar-refractivity contribution < 1.29 is 13.9 Å². The zero-order valence-corrected chi connectivity index (χ0v) is 21.5. The highest BCUT2D eigenvalue weighted by atomic mass is 127. The lowest BCUT2D eigenvalue weighted by Gasteiger charge is -2.34. The molecule has 2 N–H and O–H groups in total. The molecule has 0 bridgehead atoms. The third kappa shape index (κ3) is 7.58. The number of aliphatic imine (C=N–C) groups is 1. The molecule has 6 nitrogen and oxygen atoms in total. The van der Waals surface area contributed by atoms with Gasteiger partial charge < -0.3 is 20.1 Å². The van der Waals surface area contributed by atoms with Gasteiger partial charge in [-0.15, -0.1) is 35.3 Å². The Morgan fingerprint density at radius 3 is 2.65 bits per heavy atom. The number of hydrogen-bond acceptors (Lipinski definition) is 5. The van der Waals surface area contributed by atoms with Gasteiger partial charge in [0.25, 0.3) is 0 Å². The molecule has 1 aliphatic rings. The fourth-order valence-corrected chi connectivity index (χ4v) is 4.47. The Kier molecular flexibility index (Phi) is 11.0. The average Bonchev–Trinajstić information content (AvgIpc) is 3.19. The van der Waals surface area contributed by atoms with E-state index in [2.05, 4.69) is 39.6 Å². The van der Waals surface area contributed by atoms with Crippen molar-refractivity contribution in [1.29, 1.82) is 0 Å². The molecule has 172 valence electrons. The summed E-state index contributed by atoms with van der Waals surface area (Å²) in [6.45, 7) is 8.98. The number of halogens is 2. The number of morpholine rings is 1. The maximum atomic E-state index is 14.1. The fourth-order valence-electron chi connectivity index (χ4n) is 3.46. The Balaban J connectivity index is 0.00000341. The van der Waals surface area contributed by atoms with E-state index >= 15 is 0 Å². The van der Waals surface area contributed by atoms with E-state index in [-0.39, 0.29) is 41.6 Å². The summed E-state index contributed by atoms with van der Waals surface area (Å²) in [5.74, 6) is 0.624. The number of aryl methyl sites for hydroxylation is 1. The average molecular weight is 562 g/mol. The van der Waals surface area contributed by atoms with E-state index in [0.717, 1.165) is 38.4 Å². The van der Waals surface area contributed by atoms with Crippen molar-refractivity contribution in [1.82, 2.24) is 15.5 Å². The van der Waals surface area contributed by atoms with Crippen LogP contribution in [0.4, 0.5) is 4.39 Å². The molecule has 1 aromatic carbocycles. The number of ether oxygens (including phenoxy) is 2. The number of nitrogens with one attached hydrogen (secondary N) is 2. The Morgan fingerprint density at radius 2 is 2.03 bits per heavy atom. The Hall–Kier alpha value is -1.43. The van der Waals surface area contributed by atoms with Gasteiger partial charge in [-0.2, -0.15) is 0 Å². The number of thiophene rings is 1. The van der Waals surface area contributed by atoms with Crippen LogP contribution in [0, 0.1) is 12.7 Å². The second kappa shape index (κ2) is 13.2. The van der Waals surface area contributed by atoms with Crippen molar-refractivity contribution in [3.8, 4) is 5.75 Å². The summed E-state index contributed by atoms with van der Waals surface area (Å²) in [5.41, 5.74) is 0.831. The molecule has 31 heavy (non-hydrogen) atoms. The second-order valence-electron chi connectivity index (χ2n) is 7.12. The molecule has 0 radical (unpaired) electrons. The highest BCUT2D eigenvalue weighted by molar-refractivity contribution is 14.0. The first kappa shape index (κ1) is 25.8. The number of nitrogens with zero attached hydrogens (tertiary/aromatic N) is 2. The van der Waals surface area contributed by atoms with Crippen LogP contribution >= 0.6 is 35.3 Å².